The quantitative estimate of drug-likeness (QED) is 0.592. The number of anilines is 1. The third-order valence-corrected chi connectivity index (χ3v) is 3.83. The Hall–Kier alpha value is -2.08. The van der Waals surface area contributed by atoms with Gasteiger partial charge in [0.05, 0.1) is 5.69 Å². The van der Waals surface area contributed by atoms with Crippen molar-refractivity contribution in [3.8, 4) is 0 Å². The van der Waals surface area contributed by atoms with E-state index in [-0.39, 0.29) is 0 Å². The monoisotopic (exact) mass is 285 g/mol. The number of hydrogen-bond acceptors (Lipinski definition) is 5. The topological polar surface area (TPSA) is 69.1 Å². The predicted octanol–water partition coefficient (Wildman–Crippen LogP) is 2.62. The molecule has 0 aliphatic heterocycles. The predicted molar refractivity (Wildman–Crippen MR) is 80.7 cm³/mol. The summed E-state index contributed by atoms with van der Waals surface area (Å²) in [6, 6.07) is 7.84. The van der Waals surface area contributed by atoms with Crippen LogP contribution in [0, 0.1) is 13.8 Å². The van der Waals surface area contributed by atoms with Crippen molar-refractivity contribution in [3.05, 3.63) is 47.5 Å². The van der Waals surface area contributed by atoms with Gasteiger partial charge in [-0.15, -0.1) is 0 Å². The first-order chi connectivity index (χ1) is 9.61. The molecule has 0 amide bonds. The third-order valence-electron chi connectivity index (χ3n) is 2.95. The highest BCUT2D eigenvalue weighted by atomic mass is 32.2. The smallest absolute Gasteiger partial charge is 0.190 e. The van der Waals surface area contributed by atoms with Crippen molar-refractivity contribution in [1.82, 2.24) is 19.4 Å². The zero-order valence-electron chi connectivity index (χ0n) is 11.4. The number of fused-ring (bicyclic) bond motifs is 1. The third kappa shape index (κ3) is 2.60. The SMILES string of the molecule is Cc1cc(N)nc(SCc2cn3c(C)cccc3n2)n1. The van der Waals surface area contributed by atoms with E-state index in [2.05, 4.69) is 38.5 Å². The molecule has 0 fully saturated rings. The van der Waals surface area contributed by atoms with Gasteiger partial charge in [-0.2, -0.15) is 0 Å². The zero-order chi connectivity index (χ0) is 14.1. The first-order valence-corrected chi connectivity index (χ1v) is 7.28. The number of aryl methyl sites for hydroxylation is 2. The number of pyridine rings is 1. The van der Waals surface area contributed by atoms with Gasteiger partial charge in [0.25, 0.3) is 0 Å². The highest BCUT2D eigenvalue weighted by Gasteiger charge is 2.06. The Morgan fingerprint density at radius 3 is 2.80 bits per heavy atom. The molecule has 0 radical (unpaired) electrons. The maximum atomic E-state index is 5.73. The summed E-state index contributed by atoms with van der Waals surface area (Å²) in [5.41, 5.74) is 9.75. The summed E-state index contributed by atoms with van der Waals surface area (Å²) in [6.07, 6.45) is 2.05. The number of nitrogen functional groups attached to an aromatic ring is 1. The molecule has 0 atom stereocenters. The zero-order valence-corrected chi connectivity index (χ0v) is 12.2. The average molecular weight is 285 g/mol. The van der Waals surface area contributed by atoms with Gasteiger partial charge in [-0.05, 0) is 26.0 Å². The second-order valence-corrected chi connectivity index (χ2v) is 5.58. The molecule has 0 saturated heterocycles. The van der Waals surface area contributed by atoms with Crippen LogP contribution in [0.15, 0.2) is 35.6 Å². The molecule has 3 aromatic rings. The molecule has 102 valence electrons. The number of nitrogens with two attached hydrogens (primary N) is 1. The van der Waals surface area contributed by atoms with Gasteiger partial charge in [0, 0.05) is 29.4 Å². The van der Waals surface area contributed by atoms with Gasteiger partial charge in [0.1, 0.15) is 11.5 Å². The van der Waals surface area contributed by atoms with Crippen LogP contribution in [0.25, 0.3) is 5.65 Å². The van der Waals surface area contributed by atoms with Crippen LogP contribution in [-0.4, -0.2) is 19.4 Å². The summed E-state index contributed by atoms with van der Waals surface area (Å²) in [5.74, 6) is 1.23. The number of hydrogen-bond donors (Lipinski definition) is 1. The molecule has 0 aromatic carbocycles. The van der Waals surface area contributed by atoms with E-state index < -0.39 is 0 Å². The van der Waals surface area contributed by atoms with Crippen molar-refractivity contribution in [2.75, 3.05) is 5.73 Å². The van der Waals surface area contributed by atoms with E-state index in [9.17, 15) is 0 Å². The van der Waals surface area contributed by atoms with Crippen LogP contribution in [0.3, 0.4) is 0 Å². The maximum absolute atomic E-state index is 5.73. The Balaban J connectivity index is 1.81. The van der Waals surface area contributed by atoms with Crippen LogP contribution >= 0.6 is 11.8 Å². The molecule has 2 N–H and O–H groups in total. The molecule has 3 heterocycles. The first kappa shape index (κ1) is 12.9. The summed E-state index contributed by atoms with van der Waals surface area (Å²) in [7, 11) is 0. The van der Waals surface area contributed by atoms with E-state index in [1.807, 2.05) is 19.1 Å². The molecule has 6 heteroatoms. The van der Waals surface area contributed by atoms with Crippen molar-refractivity contribution in [1.29, 1.82) is 0 Å². The van der Waals surface area contributed by atoms with Crippen LogP contribution < -0.4 is 5.73 Å². The largest absolute Gasteiger partial charge is 0.384 e. The van der Waals surface area contributed by atoms with E-state index in [4.69, 9.17) is 5.73 Å². The van der Waals surface area contributed by atoms with E-state index >= 15 is 0 Å². The normalized spacial score (nSPS) is 11.1. The van der Waals surface area contributed by atoms with Crippen LogP contribution in [-0.2, 0) is 5.75 Å². The summed E-state index contributed by atoms with van der Waals surface area (Å²) in [5, 5.41) is 0.691. The van der Waals surface area contributed by atoms with Gasteiger partial charge in [-0.1, -0.05) is 17.8 Å². The fourth-order valence-corrected chi connectivity index (χ4v) is 2.83. The molecule has 0 saturated carbocycles. The van der Waals surface area contributed by atoms with Crippen molar-refractivity contribution in [3.63, 3.8) is 0 Å². The number of imidazole rings is 1. The summed E-state index contributed by atoms with van der Waals surface area (Å²) in [4.78, 5) is 13.2. The highest BCUT2D eigenvalue weighted by Crippen LogP contribution is 2.20. The minimum atomic E-state index is 0.505. The molecule has 0 aliphatic rings. The molecule has 5 nitrogen and oxygen atoms in total. The van der Waals surface area contributed by atoms with Gasteiger partial charge in [0.2, 0.25) is 0 Å². The van der Waals surface area contributed by atoms with E-state index in [0.29, 0.717) is 11.0 Å². The number of rotatable bonds is 3. The lowest BCUT2D eigenvalue weighted by atomic mass is 10.4. The molecular formula is C14H15N5S. The van der Waals surface area contributed by atoms with Crippen LogP contribution in [0.5, 0.6) is 0 Å². The first-order valence-electron chi connectivity index (χ1n) is 6.29. The maximum Gasteiger partial charge on any atom is 0.190 e. The summed E-state index contributed by atoms with van der Waals surface area (Å²) < 4.78 is 2.08. The Bertz CT molecular complexity index is 745. The lowest BCUT2D eigenvalue weighted by Crippen LogP contribution is -1.96. The minimum Gasteiger partial charge on any atom is -0.384 e. The highest BCUT2D eigenvalue weighted by molar-refractivity contribution is 7.98. The van der Waals surface area contributed by atoms with E-state index in [1.54, 1.807) is 17.8 Å². The molecule has 3 rings (SSSR count). The standard InChI is InChI=1S/C14H15N5S/c1-9-6-12(15)18-14(16-9)20-8-11-7-19-10(2)4-3-5-13(19)17-11/h3-7H,8H2,1-2H3,(H2,15,16,18). The molecule has 0 spiro atoms. The Morgan fingerprint density at radius 1 is 1.20 bits per heavy atom. The van der Waals surface area contributed by atoms with Crippen LogP contribution in [0.2, 0.25) is 0 Å². The van der Waals surface area contributed by atoms with Crippen LogP contribution in [0.4, 0.5) is 5.82 Å². The molecule has 0 bridgehead atoms. The van der Waals surface area contributed by atoms with Crippen LogP contribution in [0.1, 0.15) is 17.1 Å². The van der Waals surface area contributed by atoms with Gasteiger partial charge >= 0.3 is 0 Å². The van der Waals surface area contributed by atoms with Crippen molar-refractivity contribution >= 4 is 23.2 Å². The summed E-state index contributed by atoms with van der Waals surface area (Å²) in [6.45, 7) is 3.98. The van der Waals surface area contributed by atoms with Gasteiger partial charge in [0.15, 0.2) is 5.16 Å². The fraction of sp³-hybridized carbons (Fsp3) is 0.214. The molecule has 0 unspecified atom stereocenters. The lowest BCUT2D eigenvalue weighted by Gasteiger charge is -2.01. The molecule has 0 aliphatic carbocycles. The van der Waals surface area contributed by atoms with Crippen molar-refractivity contribution < 1.29 is 0 Å². The average Bonchev–Trinajstić information content (AvgIpc) is 2.80. The molecule has 3 aromatic heterocycles. The minimum absolute atomic E-state index is 0.505. The second kappa shape index (κ2) is 5.13. The Labute approximate surface area is 121 Å². The number of thioether (sulfide) groups is 1. The van der Waals surface area contributed by atoms with Gasteiger partial charge in [-0.25, -0.2) is 15.0 Å². The second-order valence-electron chi connectivity index (χ2n) is 4.63. The Morgan fingerprint density at radius 2 is 2.05 bits per heavy atom. The van der Waals surface area contributed by atoms with Crippen molar-refractivity contribution in [2.45, 2.75) is 24.8 Å². The van der Waals surface area contributed by atoms with Crippen molar-refractivity contribution in [2.24, 2.45) is 0 Å². The molecular weight excluding hydrogens is 270 g/mol. The van der Waals surface area contributed by atoms with E-state index in [1.165, 1.54) is 5.69 Å². The molecule has 20 heavy (non-hydrogen) atoms. The number of nitrogens with zero attached hydrogens (tertiary/aromatic N) is 4. The Kier molecular flexibility index (Phi) is 3.31. The van der Waals surface area contributed by atoms with Gasteiger partial charge < -0.3 is 10.1 Å². The lowest BCUT2D eigenvalue weighted by molar-refractivity contribution is 0.939. The summed E-state index contributed by atoms with van der Waals surface area (Å²) >= 11 is 1.54. The van der Waals surface area contributed by atoms with E-state index in [0.717, 1.165) is 22.8 Å². The fourth-order valence-electron chi connectivity index (χ4n) is 2.04. The number of aromatic nitrogens is 4. The van der Waals surface area contributed by atoms with Gasteiger partial charge in [-0.3, -0.25) is 0 Å².